The molecule has 0 heterocycles. The van der Waals surface area contributed by atoms with Gasteiger partial charge in [0.15, 0.2) is 0 Å². The van der Waals surface area contributed by atoms with Crippen LogP contribution in [0.4, 0.5) is 0 Å². The zero-order valence-corrected chi connectivity index (χ0v) is 9.78. The minimum atomic E-state index is 1.10. The Morgan fingerprint density at radius 1 is 0.857 bits per heavy atom. The van der Waals surface area contributed by atoms with Gasteiger partial charge in [-0.3, -0.25) is 0 Å². The van der Waals surface area contributed by atoms with E-state index in [4.69, 9.17) is 0 Å². The van der Waals surface area contributed by atoms with Crippen molar-refractivity contribution in [1.29, 1.82) is 0 Å². The first kappa shape index (κ1) is 8.48. The minimum absolute atomic E-state index is 1.10. The second-order valence-corrected chi connectivity index (χ2v) is 4.88. The Labute approximate surface area is 97.1 Å². The number of hydrogen-bond donors (Lipinski definition) is 0. The average Bonchev–Trinajstić information content (AvgIpc) is 2.56. The smallest absolute Gasteiger partial charge is 0.0136 e. The van der Waals surface area contributed by atoms with Gasteiger partial charge in [-0.1, -0.05) is 30.3 Å². The highest BCUT2D eigenvalue weighted by Gasteiger charge is 2.16. The van der Waals surface area contributed by atoms with Crippen molar-refractivity contribution >= 4 is 22.6 Å². The Morgan fingerprint density at radius 3 is 2.57 bits per heavy atom. The monoisotopic (exact) mass is 292 g/mol. The summed E-state index contributed by atoms with van der Waals surface area (Å²) in [6.45, 7) is 0. The fourth-order valence-electron chi connectivity index (χ4n) is 2.10. The Kier molecular flexibility index (Phi) is 1.87. The van der Waals surface area contributed by atoms with Crippen molar-refractivity contribution in [3.8, 4) is 11.1 Å². The van der Waals surface area contributed by atoms with Crippen LogP contribution >= 0.6 is 22.6 Å². The summed E-state index contributed by atoms with van der Waals surface area (Å²) in [4.78, 5) is 0. The lowest BCUT2D eigenvalue weighted by Crippen LogP contribution is -1.79. The van der Waals surface area contributed by atoms with Gasteiger partial charge in [-0.05, 0) is 63.4 Å². The molecule has 1 aliphatic carbocycles. The summed E-state index contributed by atoms with van der Waals surface area (Å²) < 4.78 is 1.32. The van der Waals surface area contributed by atoms with Crippen LogP contribution in [0.5, 0.6) is 0 Å². The molecule has 2 aromatic rings. The molecule has 0 bridgehead atoms. The molecular formula is C13H9I. The van der Waals surface area contributed by atoms with Crippen LogP contribution in [0.15, 0.2) is 42.5 Å². The van der Waals surface area contributed by atoms with Gasteiger partial charge in [0.2, 0.25) is 0 Å². The largest absolute Gasteiger partial charge is 0.0619 e. The maximum atomic E-state index is 2.37. The predicted octanol–water partition coefficient (Wildman–Crippen LogP) is 3.86. The van der Waals surface area contributed by atoms with Crippen molar-refractivity contribution in [2.24, 2.45) is 0 Å². The van der Waals surface area contributed by atoms with Gasteiger partial charge in [0.05, 0.1) is 0 Å². The van der Waals surface area contributed by atoms with Crippen molar-refractivity contribution in [2.45, 2.75) is 6.42 Å². The van der Waals surface area contributed by atoms with E-state index in [2.05, 4.69) is 65.1 Å². The molecule has 2 aromatic carbocycles. The van der Waals surface area contributed by atoms with Crippen molar-refractivity contribution in [1.82, 2.24) is 0 Å². The molecule has 0 amide bonds. The van der Waals surface area contributed by atoms with E-state index >= 15 is 0 Å². The van der Waals surface area contributed by atoms with Gasteiger partial charge in [0, 0.05) is 3.57 Å². The first-order chi connectivity index (χ1) is 6.84. The molecule has 1 aliphatic rings. The topological polar surface area (TPSA) is 0 Å². The molecule has 0 radical (unpaired) electrons. The van der Waals surface area contributed by atoms with Crippen LogP contribution in [0.3, 0.4) is 0 Å². The normalized spacial score (nSPS) is 12.4. The third-order valence-corrected chi connectivity index (χ3v) is 3.43. The lowest BCUT2D eigenvalue weighted by molar-refractivity contribution is 1.26. The fourth-order valence-corrected chi connectivity index (χ4v) is 2.59. The van der Waals surface area contributed by atoms with E-state index < -0.39 is 0 Å². The summed E-state index contributed by atoms with van der Waals surface area (Å²) >= 11 is 2.37. The van der Waals surface area contributed by atoms with Crippen LogP contribution in [0.1, 0.15) is 11.1 Å². The van der Waals surface area contributed by atoms with Gasteiger partial charge in [0.1, 0.15) is 0 Å². The molecule has 0 fully saturated rings. The summed E-state index contributed by atoms with van der Waals surface area (Å²) in [5, 5.41) is 0. The van der Waals surface area contributed by atoms with Crippen molar-refractivity contribution in [2.75, 3.05) is 0 Å². The Hall–Kier alpha value is -0.830. The molecule has 0 nitrogen and oxygen atoms in total. The Morgan fingerprint density at radius 2 is 1.64 bits per heavy atom. The third kappa shape index (κ3) is 1.19. The number of halogens is 1. The van der Waals surface area contributed by atoms with Gasteiger partial charge in [-0.25, -0.2) is 0 Å². The van der Waals surface area contributed by atoms with Crippen LogP contribution in [0.25, 0.3) is 11.1 Å². The zero-order chi connectivity index (χ0) is 9.54. The van der Waals surface area contributed by atoms with Crippen molar-refractivity contribution in [3.05, 3.63) is 57.2 Å². The van der Waals surface area contributed by atoms with Crippen LogP contribution < -0.4 is 0 Å². The molecule has 68 valence electrons. The molecule has 0 saturated heterocycles. The Balaban J connectivity index is 2.30. The second-order valence-electron chi connectivity index (χ2n) is 3.64. The molecule has 0 saturated carbocycles. The number of fused-ring (bicyclic) bond motifs is 3. The number of hydrogen-bond acceptors (Lipinski definition) is 0. The van der Waals surface area contributed by atoms with E-state index in [-0.39, 0.29) is 0 Å². The van der Waals surface area contributed by atoms with Gasteiger partial charge >= 0.3 is 0 Å². The highest BCUT2D eigenvalue weighted by atomic mass is 127. The predicted molar refractivity (Wildman–Crippen MR) is 67.4 cm³/mol. The van der Waals surface area contributed by atoms with Crippen LogP contribution in [-0.2, 0) is 6.42 Å². The fraction of sp³-hybridized carbons (Fsp3) is 0.0769. The number of rotatable bonds is 0. The van der Waals surface area contributed by atoms with Crippen LogP contribution in [0.2, 0.25) is 0 Å². The number of benzene rings is 2. The van der Waals surface area contributed by atoms with E-state index in [1.54, 1.807) is 0 Å². The zero-order valence-electron chi connectivity index (χ0n) is 7.63. The summed E-state index contributed by atoms with van der Waals surface area (Å²) in [6.07, 6.45) is 1.10. The van der Waals surface area contributed by atoms with E-state index in [0.717, 1.165) is 6.42 Å². The van der Waals surface area contributed by atoms with Gasteiger partial charge in [-0.2, -0.15) is 0 Å². The van der Waals surface area contributed by atoms with Crippen LogP contribution in [-0.4, -0.2) is 0 Å². The first-order valence-corrected chi connectivity index (χ1v) is 5.79. The van der Waals surface area contributed by atoms with Gasteiger partial charge in [0.25, 0.3) is 0 Å². The van der Waals surface area contributed by atoms with E-state index in [9.17, 15) is 0 Å². The lowest BCUT2D eigenvalue weighted by atomic mass is 10.1. The lowest BCUT2D eigenvalue weighted by Gasteiger charge is -2.00. The molecular weight excluding hydrogens is 283 g/mol. The average molecular weight is 292 g/mol. The van der Waals surface area contributed by atoms with Crippen molar-refractivity contribution < 1.29 is 0 Å². The maximum absolute atomic E-state index is 2.37. The molecule has 14 heavy (non-hydrogen) atoms. The molecule has 0 unspecified atom stereocenters. The highest BCUT2D eigenvalue weighted by Crippen LogP contribution is 2.36. The van der Waals surface area contributed by atoms with Crippen molar-refractivity contribution in [3.63, 3.8) is 0 Å². The second kappa shape index (κ2) is 3.09. The molecule has 3 rings (SSSR count). The molecule has 0 atom stereocenters. The molecule has 0 N–H and O–H groups in total. The Bertz CT molecular complexity index is 500. The van der Waals surface area contributed by atoms with E-state index in [0.29, 0.717) is 0 Å². The molecule has 0 aromatic heterocycles. The standard InChI is InChI=1S/C13H9I/c14-11-6-5-10-7-9-3-1-2-4-12(9)13(10)8-11/h1-6,8H,7H2. The molecule has 0 aliphatic heterocycles. The summed E-state index contributed by atoms with van der Waals surface area (Å²) in [5.41, 5.74) is 5.77. The summed E-state index contributed by atoms with van der Waals surface area (Å²) in [5.74, 6) is 0. The first-order valence-electron chi connectivity index (χ1n) is 4.71. The SMILES string of the molecule is Ic1ccc2c(c1)-c1ccccc1C2. The highest BCUT2D eigenvalue weighted by molar-refractivity contribution is 14.1. The van der Waals surface area contributed by atoms with Crippen LogP contribution in [0, 0.1) is 3.57 Å². The van der Waals surface area contributed by atoms with E-state index in [1.807, 2.05) is 0 Å². The molecule has 0 spiro atoms. The van der Waals surface area contributed by atoms with Gasteiger partial charge in [-0.15, -0.1) is 0 Å². The van der Waals surface area contributed by atoms with E-state index in [1.165, 1.54) is 25.8 Å². The molecule has 1 heteroatoms. The maximum Gasteiger partial charge on any atom is 0.0136 e. The summed E-state index contributed by atoms with van der Waals surface area (Å²) in [6, 6.07) is 15.4. The minimum Gasteiger partial charge on any atom is -0.0619 e. The third-order valence-electron chi connectivity index (χ3n) is 2.76. The quantitative estimate of drug-likeness (QED) is 0.552. The van der Waals surface area contributed by atoms with Gasteiger partial charge < -0.3 is 0 Å². The summed E-state index contributed by atoms with van der Waals surface area (Å²) in [7, 11) is 0.